The van der Waals surface area contributed by atoms with Gasteiger partial charge in [-0.3, -0.25) is 5.32 Å². The van der Waals surface area contributed by atoms with E-state index in [4.69, 9.17) is 14.6 Å². The SMILES string of the molecule is Cc1ccc(-n2nc(C(C)(C)C)cc2NC(=O)NCc2cc(F)ccc2Oc2ccnc(N3CCOC(CO)C3)n2)cc1. The number of nitrogens with zero attached hydrogens (tertiary/aromatic N) is 5. The first-order valence-electron chi connectivity index (χ1n) is 14.1. The molecule has 226 valence electrons. The van der Waals surface area contributed by atoms with Crippen molar-refractivity contribution in [1.82, 2.24) is 25.1 Å². The predicted molar refractivity (Wildman–Crippen MR) is 160 cm³/mol. The molecule has 1 atom stereocenters. The van der Waals surface area contributed by atoms with E-state index in [-0.39, 0.29) is 30.6 Å². The fourth-order valence-electron chi connectivity index (χ4n) is 4.51. The van der Waals surface area contributed by atoms with Gasteiger partial charge < -0.3 is 24.8 Å². The first-order valence-corrected chi connectivity index (χ1v) is 14.1. The van der Waals surface area contributed by atoms with Crippen LogP contribution in [0, 0.1) is 12.7 Å². The van der Waals surface area contributed by atoms with Gasteiger partial charge in [0.05, 0.1) is 30.7 Å². The number of urea groups is 1. The average molecular weight is 590 g/mol. The topological polar surface area (TPSA) is 127 Å². The van der Waals surface area contributed by atoms with Crippen molar-refractivity contribution in [2.45, 2.75) is 45.8 Å². The molecular formula is C31H36FN7O4. The number of aromatic nitrogens is 4. The zero-order valence-electron chi connectivity index (χ0n) is 24.7. The van der Waals surface area contributed by atoms with Crippen molar-refractivity contribution >= 4 is 17.8 Å². The van der Waals surface area contributed by atoms with E-state index in [1.807, 2.05) is 42.2 Å². The Morgan fingerprint density at radius 1 is 1.16 bits per heavy atom. The third-order valence-corrected chi connectivity index (χ3v) is 6.92. The molecule has 1 aliphatic heterocycles. The minimum absolute atomic E-state index is 0.0106. The Labute approximate surface area is 249 Å². The number of benzene rings is 2. The van der Waals surface area contributed by atoms with Crippen molar-refractivity contribution in [2.24, 2.45) is 0 Å². The van der Waals surface area contributed by atoms with Gasteiger partial charge in [-0.2, -0.15) is 10.1 Å². The molecule has 0 spiro atoms. The Hall–Kier alpha value is -4.55. The Morgan fingerprint density at radius 3 is 2.70 bits per heavy atom. The highest BCUT2D eigenvalue weighted by Gasteiger charge is 2.23. The standard InChI is InChI=1S/C31H36FN7O4/c1-20-5-8-23(9-6-20)39-27(16-26(37-39)31(2,3)4)35-30(41)34-17-21-15-22(32)7-10-25(21)43-28-11-12-33-29(36-28)38-13-14-42-24(18-38)19-40/h5-12,15-16,24,40H,13-14,17-19H2,1-4H3,(H2,34,35,41). The van der Waals surface area contributed by atoms with Crippen LogP contribution in [0.15, 0.2) is 60.8 Å². The van der Waals surface area contributed by atoms with Crippen LogP contribution in [-0.2, 0) is 16.7 Å². The number of carbonyl (C=O) groups is 1. The fraction of sp³-hybridized carbons (Fsp3) is 0.355. The van der Waals surface area contributed by atoms with Crippen LogP contribution in [0.2, 0.25) is 0 Å². The van der Waals surface area contributed by atoms with Crippen molar-refractivity contribution in [3.8, 4) is 17.3 Å². The summed E-state index contributed by atoms with van der Waals surface area (Å²) in [7, 11) is 0. The molecule has 0 radical (unpaired) electrons. The number of anilines is 2. The van der Waals surface area contributed by atoms with Crippen molar-refractivity contribution in [2.75, 3.05) is 36.5 Å². The van der Waals surface area contributed by atoms with Gasteiger partial charge in [0, 0.05) is 48.9 Å². The zero-order valence-corrected chi connectivity index (χ0v) is 24.7. The number of nitrogens with one attached hydrogen (secondary N) is 2. The summed E-state index contributed by atoms with van der Waals surface area (Å²) in [6.07, 6.45) is 1.25. The van der Waals surface area contributed by atoms with E-state index in [0.717, 1.165) is 16.9 Å². The Balaban J connectivity index is 1.30. The predicted octanol–water partition coefficient (Wildman–Crippen LogP) is 4.72. The summed E-state index contributed by atoms with van der Waals surface area (Å²) in [4.78, 5) is 23.8. The number of hydrogen-bond acceptors (Lipinski definition) is 8. The molecule has 43 heavy (non-hydrogen) atoms. The van der Waals surface area contributed by atoms with Crippen molar-refractivity contribution < 1.29 is 23.8 Å². The molecular weight excluding hydrogens is 553 g/mol. The molecule has 1 aliphatic rings. The number of ether oxygens (including phenoxy) is 2. The number of halogens is 1. The molecule has 4 aromatic rings. The van der Waals surface area contributed by atoms with Crippen LogP contribution in [0.1, 0.15) is 37.6 Å². The first kappa shape index (κ1) is 29.9. The number of aliphatic hydroxyl groups is 1. The molecule has 1 fully saturated rings. The largest absolute Gasteiger partial charge is 0.439 e. The zero-order chi connectivity index (χ0) is 30.6. The summed E-state index contributed by atoms with van der Waals surface area (Å²) in [6.45, 7) is 9.51. The molecule has 2 aromatic heterocycles. The molecule has 0 aliphatic carbocycles. The molecule has 1 unspecified atom stereocenters. The highest BCUT2D eigenvalue weighted by Crippen LogP contribution is 2.28. The van der Waals surface area contributed by atoms with E-state index in [1.54, 1.807) is 16.9 Å². The van der Waals surface area contributed by atoms with E-state index in [2.05, 4.69) is 41.4 Å². The number of aliphatic hydroxyl groups excluding tert-OH is 1. The van der Waals surface area contributed by atoms with Gasteiger partial charge in [0.1, 0.15) is 17.4 Å². The van der Waals surface area contributed by atoms with Crippen LogP contribution in [0.5, 0.6) is 11.6 Å². The van der Waals surface area contributed by atoms with E-state index < -0.39 is 11.8 Å². The summed E-state index contributed by atoms with van der Waals surface area (Å²) < 4.78 is 27.5. The highest BCUT2D eigenvalue weighted by atomic mass is 19.1. The van der Waals surface area contributed by atoms with Crippen molar-refractivity contribution in [3.63, 3.8) is 0 Å². The third kappa shape index (κ3) is 7.46. The molecule has 3 N–H and O–H groups in total. The van der Waals surface area contributed by atoms with Gasteiger partial charge >= 0.3 is 6.03 Å². The number of carbonyl (C=O) groups excluding carboxylic acids is 1. The maximum absolute atomic E-state index is 14.3. The molecule has 3 heterocycles. The van der Waals surface area contributed by atoms with Crippen LogP contribution in [0.4, 0.5) is 21.0 Å². The molecule has 1 saturated heterocycles. The maximum Gasteiger partial charge on any atom is 0.320 e. The average Bonchev–Trinajstić information content (AvgIpc) is 3.42. The van der Waals surface area contributed by atoms with E-state index >= 15 is 0 Å². The van der Waals surface area contributed by atoms with Crippen LogP contribution in [0.3, 0.4) is 0 Å². The Morgan fingerprint density at radius 2 is 1.95 bits per heavy atom. The summed E-state index contributed by atoms with van der Waals surface area (Å²) >= 11 is 0. The maximum atomic E-state index is 14.3. The monoisotopic (exact) mass is 589 g/mol. The highest BCUT2D eigenvalue weighted by molar-refractivity contribution is 5.88. The lowest BCUT2D eigenvalue weighted by Crippen LogP contribution is -2.44. The third-order valence-electron chi connectivity index (χ3n) is 6.92. The van der Waals surface area contributed by atoms with E-state index in [0.29, 0.717) is 42.8 Å². The molecule has 2 aromatic carbocycles. The van der Waals surface area contributed by atoms with Crippen LogP contribution in [0.25, 0.3) is 5.69 Å². The van der Waals surface area contributed by atoms with Gasteiger partial charge in [-0.25, -0.2) is 18.9 Å². The molecule has 12 heteroatoms. The van der Waals surface area contributed by atoms with Crippen LogP contribution in [-0.4, -0.2) is 63.3 Å². The molecule has 0 bridgehead atoms. The molecule has 0 saturated carbocycles. The summed E-state index contributed by atoms with van der Waals surface area (Å²) in [6, 6.07) is 14.9. The van der Waals surface area contributed by atoms with Crippen molar-refractivity contribution in [3.05, 3.63) is 83.4 Å². The van der Waals surface area contributed by atoms with Gasteiger partial charge in [0.25, 0.3) is 0 Å². The van der Waals surface area contributed by atoms with Crippen molar-refractivity contribution in [1.29, 1.82) is 0 Å². The lowest BCUT2D eigenvalue weighted by Gasteiger charge is -2.32. The first-order chi connectivity index (χ1) is 20.6. The number of hydrogen-bond donors (Lipinski definition) is 3. The lowest BCUT2D eigenvalue weighted by atomic mass is 9.92. The van der Waals surface area contributed by atoms with Gasteiger partial charge in [0.15, 0.2) is 0 Å². The number of morpholine rings is 1. The van der Waals surface area contributed by atoms with Crippen LogP contribution < -0.4 is 20.3 Å². The normalized spacial score (nSPS) is 15.3. The number of rotatable bonds is 8. The fourth-order valence-corrected chi connectivity index (χ4v) is 4.51. The van der Waals surface area contributed by atoms with Gasteiger partial charge in [0.2, 0.25) is 11.8 Å². The van der Waals surface area contributed by atoms with Gasteiger partial charge in [-0.15, -0.1) is 0 Å². The second kappa shape index (κ2) is 12.8. The van der Waals surface area contributed by atoms with E-state index in [1.165, 1.54) is 18.2 Å². The lowest BCUT2D eigenvalue weighted by molar-refractivity contribution is 0.00312. The number of aryl methyl sites for hydroxylation is 1. The summed E-state index contributed by atoms with van der Waals surface area (Å²) in [5.74, 6) is 1.05. The van der Waals surface area contributed by atoms with E-state index in [9.17, 15) is 14.3 Å². The molecule has 5 rings (SSSR count). The summed E-state index contributed by atoms with van der Waals surface area (Å²) in [5, 5.41) is 19.9. The quantitative estimate of drug-likeness (QED) is 0.270. The van der Waals surface area contributed by atoms with Gasteiger partial charge in [-0.05, 0) is 37.3 Å². The second-order valence-electron chi connectivity index (χ2n) is 11.4. The molecule has 2 amide bonds. The Bertz CT molecular complexity index is 1570. The summed E-state index contributed by atoms with van der Waals surface area (Å²) in [5.41, 5.74) is 2.92. The smallest absolute Gasteiger partial charge is 0.320 e. The minimum Gasteiger partial charge on any atom is -0.439 e. The van der Waals surface area contributed by atoms with Gasteiger partial charge in [-0.1, -0.05) is 38.5 Å². The Kier molecular flexibility index (Phi) is 8.88. The minimum atomic E-state index is -0.487. The van der Waals surface area contributed by atoms with Crippen LogP contribution >= 0.6 is 0 Å². The second-order valence-corrected chi connectivity index (χ2v) is 11.4. The number of amides is 2. The molecule has 11 nitrogen and oxygen atoms in total.